The average Bonchev–Trinajstić information content (AvgIpc) is 1.83. The molecule has 0 fully saturated rings. The zero-order valence-electron chi connectivity index (χ0n) is 6.49. The Morgan fingerprint density at radius 3 is 2.42 bits per heavy atom. The molecule has 12 heavy (non-hydrogen) atoms. The zero-order valence-corrected chi connectivity index (χ0v) is 7.30. The van der Waals surface area contributed by atoms with Crippen molar-refractivity contribution in [3.8, 4) is 0 Å². The van der Waals surface area contributed by atoms with Crippen LogP contribution in [0.2, 0.25) is 0 Å². The predicted molar refractivity (Wildman–Crippen MR) is 43.2 cm³/mol. The van der Waals surface area contributed by atoms with Crippen LogP contribution >= 0.6 is 0 Å². The molecule has 0 heterocycles. The normalized spacial score (nSPS) is 11.1. The van der Waals surface area contributed by atoms with E-state index in [1.165, 1.54) is 0 Å². The Morgan fingerprint density at radius 2 is 2.00 bits per heavy atom. The van der Waals surface area contributed by atoms with Crippen molar-refractivity contribution >= 4 is 16.1 Å². The van der Waals surface area contributed by atoms with Crippen LogP contribution in [0.15, 0.2) is 0 Å². The van der Waals surface area contributed by atoms with Gasteiger partial charge in [-0.3, -0.25) is 4.55 Å². The molecule has 7 heteroatoms. The van der Waals surface area contributed by atoms with Crippen molar-refractivity contribution in [2.45, 2.75) is 12.8 Å². The molecular formula is C5H12N2O4S. The maximum absolute atomic E-state index is 10.2. The lowest BCUT2D eigenvalue weighted by atomic mass is 10.3. The highest BCUT2D eigenvalue weighted by Crippen LogP contribution is 1.91. The van der Waals surface area contributed by atoms with E-state index in [4.69, 9.17) is 10.3 Å². The summed E-state index contributed by atoms with van der Waals surface area (Å²) in [6.45, 7) is 0.324. The number of hydrogen-bond acceptors (Lipinski definition) is 3. The van der Waals surface area contributed by atoms with Gasteiger partial charge in [0.2, 0.25) is 0 Å². The highest BCUT2D eigenvalue weighted by Gasteiger charge is 2.02. The molecule has 0 radical (unpaired) electrons. The molecule has 0 spiro atoms. The van der Waals surface area contributed by atoms with E-state index in [1.807, 2.05) is 0 Å². The number of urea groups is 1. The highest BCUT2D eigenvalue weighted by atomic mass is 32.2. The Kier molecular flexibility index (Phi) is 4.60. The van der Waals surface area contributed by atoms with Crippen LogP contribution in [0, 0.1) is 0 Å². The van der Waals surface area contributed by atoms with E-state index in [2.05, 4.69) is 5.32 Å². The summed E-state index contributed by atoms with van der Waals surface area (Å²) in [5.41, 5.74) is 4.74. The molecular weight excluding hydrogens is 184 g/mol. The van der Waals surface area contributed by atoms with Gasteiger partial charge in [-0.1, -0.05) is 0 Å². The molecule has 0 aromatic carbocycles. The third-order valence-electron chi connectivity index (χ3n) is 1.13. The predicted octanol–water partition coefficient (Wildman–Crippen LogP) is -0.677. The van der Waals surface area contributed by atoms with E-state index in [1.54, 1.807) is 0 Å². The van der Waals surface area contributed by atoms with Crippen LogP contribution in [0.5, 0.6) is 0 Å². The number of carbonyl (C=O) groups excluding carboxylic acids is 1. The van der Waals surface area contributed by atoms with E-state index in [0.717, 1.165) is 0 Å². The molecule has 72 valence electrons. The van der Waals surface area contributed by atoms with Crippen molar-refractivity contribution < 1.29 is 17.8 Å². The van der Waals surface area contributed by atoms with Gasteiger partial charge in [-0.15, -0.1) is 0 Å². The maximum atomic E-state index is 10.2. The lowest BCUT2D eigenvalue weighted by Gasteiger charge is -1.99. The minimum atomic E-state index is -3.87. The number of primary amides is 1. The molecule has 0 saturated carbocycles. The van der Waals surface area contributed by atoms with Gasteiger partial charge in [0.25, 0.3) is 10.1 Å². The minimum absolute atomic E-state index is 0.284. The lowest BCUT2D eigenvalue weighted by molar-refractivity contribution is 0.249. The Labute approximate surface area is 70.9 Å². The van der Waals surface area contributed by atoms with Crippen molar-refractivity contribution in [1.29, 1.82) is 0 Å². The third-order valence-corrected chi connectivity index (χ3v) is 1.93. The van der Waals surface area contributed by atoms with E-state index in [-0.39, 0.29) is 5.75 Å². The Morgan fingerprint density at radius 1 is 1.42 bits per heavy atom. The summed E-state index contributed by atoms with van der Waals surface area (Å²) in [5, 5.41) is 2.29. The fourth-order valence-corrected chi connectivity index (χ4v) is 1.19. The van der Waals surface area contributed by atoms with Gasteiger partial charge in [0, 0.05) is 6.54 Å². The van der Waals surface area contributed by atoms with Gasteiger partial charge < -0.3 is 11.1 Å². The monoisotopic (exact) mass is 196 g/mol. The second-order valence-corrected chi connectivity index (χ2v) is 3.86. The summed E-state index contributed by atoms with van der Waals surface area (Å²) in [7, 11) is -3.87. The zero-order chi connectivity index (χ0) is 9.61. The molecule has 0 rings (SSSR count). The van der Waals surface area contributed by atoms with Gasteiger partial charge in [-0.25, -0.2) is 4.79 Å². The molecule has 0 bridgehead atoms. The summed E-state index contributed by atoms with van der Waals surface area (Å²) in [6, 6.07) is -0.637. The maximum Gasteiger partial charge on any atom is 0.312 e. The molecule has 0 atom stereocenters. The van der Waals surface area contributed by atoms with Crippen LogP contribution in [0.1, 0.15) is 12.8 Å². The smallest absolute Gasteiger partial charge is 0.312 e. The molecule has 0 aromatic rings. The second-order valence-electron chi connectivity index (χ2n) is 2.28. The van der Waals surface area contributed by atoms with Crippen molar-refractivity contribution in [2.75, 3.05) is 12.3 Å². The van der Waals surface area contributed by atoms with Crippen LogP contribution in [0.3, 0.4) is 0 Å². The topological polar surface area (TPSA) is 109 Å². The first-order valence-corrected chi connectivity index (χ1v) is 5.01. The quantitative estimate of drug-likeness (QED) is 0.400. The number of nitrogens with two attached hydrogens (primary N) is 1. The molecule has 0 aliphatic carbocycles. The van der Waals surface area contributed by atoms with Crippen LogP contribution < -0.4 is 11.1 Å². The molecule has 0 aliphatic rings. The number of carbonyl (C=O) groups is 1. The minimum Gasteiger partial charge on any atom is -0.352 e. The lowest BCUT2D eigenvalue weighted by Crippen LogP contribution is -2.30. The van der Waals surface area contributed by atoms with Gasteiger partial charge in [0.1, 0.15) is 0 Å². The Balaban J connectivity index is 3.29. The van der Waals surface area contributed by atoms with Crippen LogP contribution in [-0.4, -0.2) is 31.3 Å². The van der Waals surface area contributed by atoms with Crippen LogP contribution in [-0.2, 0) is 10.1 Å². The molecule has 2 amide bonds. The Bertz CT molecular complexity index is 236. The largest absolute Gasteiger partial charge is 0.352 e. The van der Waals surface area contributed by atoms with E-state index >= 15 is 0 Å². The van der Waals surface area contributed by atoms with Gasteiger partial charge >= 0.3 is 6.03 Å². The van der Waals surface area contributed by atoms with E-state index < -0.39 is 16.1 Å². The molecule has 0 saturated heterocycles. The number of unbranched alkanes of at least 4 members (excludes halogenated alkanes) is 1. The number of hydrogen-bond donors (Lipinski definition) is 3. The van der Waals surface area contributed by atoms with Gasteiger partial charge in [-0.2, -0.15) is 8.42 Å². The molecule has 0 aromatic heterocycles. The van der Waals surface area contributed by atoms with Gasteiger partial charge in [0.05, 0.1) is 5.75 Å². The molecule has 0 aliphatic heterocycles. The second kappa shape index (κ2) is 4.94. The van der Waals surface area contributed by atoms with Gasteiger partial charge in [-0.05, 0) is 12.8 Å². The SMILES string of the molecule is NC(=O)NCCCCS(=O)(=O)O. The molecule has 6 nitrogen and oxygen atoms in total. The van der Waals surface area contributed by atoms with Crippen molar-refractivity contribution in [3.63, 3.8) is 0 Å². The number of amides is 2. The standard InChI is InChI=1S/C5H12N2O4S/c6-5(8)7-3-1-2-4-12(9,10)11/h1-4H2,(H3,6,7,8)(H,9,10,11). The van der Waals surface area contributed by atoms with Crippen molar-refractivity contribution in [1.82, 2.24) is 5.32 Å². The van der Waals surface area contributed by atoms with Gasteiger partial charge in [0.15, 0.2) is 0 Å². The highest BCUT2D eigenvalue weighted by molar-refractivity contribution is 7.85. The molecule has 4 N–H and O–H groups in total. The fraction of sp³-hybridized carbons (Fsp3) is 0.800. The summed E-state index contributed by atoms with van der Waals surface area (Å²) < 4.78 is 28.6. The fourth-order valence-electron chi connectivity index (χ4n) is 0.621. The van der Waals surface area contributed by atoms with Crippen LogP contribution in [0.4, 0.5) is 4.79 Å². The Hall–Kier alpha value is -0.820. The van der Waals surface area contributed by atoms with Crippen molar-refractivity contribution in [2.24, 2.45) is 5.73 Å². The average molecular weight is 196 g/mol. The third kappa shape index (κ3) is 9.18. The molecule has 0 unspecified atom stereocenters. The summed E-state index contributed by atoms with van der Waals surface area (Å²) in [5.74, 6) is -0.284. The van der Waals surface area contributed by atoms with Crippen LogP contribution in [0.25, 0.3) is 0 Å². The van der Waals surface area contributed by atoms with Crippen molar-refractivity contribution in [3.05, 3.63) is 0 Å². The first-order valence-electron chi connectivity index (χ1n) is 3.40. The summed E-state index contributed by atoms with van der Waals surface area (Å²) in [6.07, 6.45) is 0.780. The number of rotatable bonds is 5. The van der Waals surface area contributed by atoms with E-state index in [9.17, 15) is 13.2 Å². The first kappa shape index (κ1) is 11.2. The summed E-state index contributed by atoms with van der Waals surface area (Å²) in [4.78, 5) is 10.1. The summed E-state index contributed by atoms with van der Waals surface area (Å²) >= 11 is 0. The number of nitrogens with one attached hydrogen (secondary N) is 1. The van der Waals surface area contributed by atoms with E-state index in [0.29, 0.717) is 19.4 Å². The first-order chi connectivity index (χ1) is 5.42.